The first-order chi connectivity index (χ1) is 9.46. The number of hydrogen-bond donors (Lipinski definition) is 1. The molecule has 0 aromatic heterocycles. The van der Waals surface area contributed by atoms with E-state index in [-0.39, 0.29) is 0 Å². The number of anilines is 2. The largest absolute Gasteiger partial charge is 0.371 e. The van der Waals surface area contributed by atoms with Gasteiger partial charge in [-0.05, 0) is 24.6 Å². The third-order valence-electron chi connectivity index (χ3n) is 3.91. The van der Waals surface area contributed by atoms with Gasteiger partial charge >= 0.3 is 0 Å². The van der Waals surface area contributed by atoms with Crippen LogP contribution in [0.5, 0.6) is 0 Å². The molecule has 4 nitrogen and oxygen atoms in total. The van der Waals surface area contributed by atoms with E-state index in [1.165, 1.54) is 0 Å². The average molecular weight is 290 g/mol. The van der Waals surface area contributed by atoms with Crippen molar-refractivity contribution in [1.82, 2.24) is 0 Å². The van der Waals surface area contributed by atoms with Gasteiger partial charge in [0, 0.05) is 29.3 Å². The number of fused-ring (bicyclic) bond motifs is 1. The fourth-order valence-electron chi connectivity index (χ4n) is 2.61. The highest BCUT2D eigenvalue weighted by molar-refractivity contribution is 8.00. The molecular formula is C15H18N2O2S. The van der Waals surface area contributed by atoms with Crippen molar-refractivity contribution < 1.29 is 9.59 Å². The van der Waals surface area contributed by atoms with E-state index in [1.54, 1.807) is 6.07 Å². The van der Waals surface area contributed by atoms with Crippen LogP contribution in [0.25, 0.3) is 0 Å². The second kappa shape index (κ2) is 4.81. The van der Waals surface area contributed by atoms with E-state index in [0.29, 0.717) is 16.0 Å². The summed E-state index contributed by atoms with van der Waals surface area (Å²) >= 11 is 2.00. The van der Waals surface area contributed by atoms with Crippen molar-refractivity contribution in [3.05, 3.63) is 23.8 Å². The maximum absolute atomic E-state index is 11.6. The minimum absolute atomic E-state index is 0.315. The summed E-state index contributed by atoms with van der Waals surface area (Å²) < 4.78 is 0.315. The molecule has 0 saturated carbocycles. The van der Waals surface area contributed by atoms with E-state index in [0.717, 1.165) is 31.0 Å². The monoisotopic (exact) mass is 290 g/mol. The Balaban J connectivity index is 1.84. The fraction of sp³-hybridized carbons (Fsp3) is 0.467. The van der Waals surface area contributed by atoms with Gasteiger partial charge in [-0.25, -0.2) is 0 Å². The summed E-state index contributed by atoms with van der Waals surface area (Å²) in [5.41, 5.74) is 2.22. The van der Waals surface area contributed by atoms with Gasteiger partial charge < -0.3 is 10.2 Å². The van der Waals surface area contributed by atoms with Gasteiger partial charge in [0.15, 0.2) is 0 Å². The Labute approximate surface area is 122 Å². The molecule has 0 unspecified atom stereocenters. The van der Waals surface area contributed by atoms with Crippen molar-refractivity contribution in [1.29, 1.82) is 0 Å². The summed E-state index contributed by atoms with van der Waals surface area (Å²) in [6.07, 6.45) is 1.13. The van der Waals surface area contributed by atoms with Crippen LogP contribution in [0.3, 0.4) is 0 Å². The minimum atomic E-state index is -0.523. The average Bonchev–Trinajstić information content (AvgIpc) is 2.57. The molecule has 1 N–H and O–H groups in total. The van der Waals surface area contributed by atoms with Gasteiger partial charge in [-0.2, -0.15) is 11.8 Å². The van der Waals surface area contributed by atoms with Gasteiger partial charge in [0.25, 0.3) is 11.7 Å². The van der Waals surface area contributed by atoms with Crippen molar-refractivity contribution in [2.45, 2.75) is 25.0 Å². The first-order valence-electron chi connectivity index (χ1n) is 6.85. The highest BCUT2D eigenvalue weighted by Gasteiger charge is 2.29. The Kier molecular flexibility index (Phi) is 3.24. The first kappa shape index (κ1) is 13.5. The highest BCUT2D eigenvalue weighted by Crippen LogP contribution is 2.34. The number of benzene rings is 1. The van der Waals surface area contributed by atoms with Crippen LogP contribution in [0.1, 0.15) is 30.6 Å². The summed E-state index contributed by atoms with van der Waals surface area (Å²) in [7, 11) is 0. The van der Waals surface area contributed by atoms with Crippen LogP contribution in [-0.2, 0) is 4.79 Å². The molecule has 3 rings (SSSR count). The number of thioether (sulfide) groups is 1. The molecule has 20 heavy (non-hydrogen) atoms. The van der Waals surface area contributed by atoms with Crippen molar-refractivity contribution in [3.63, 3.8) is 0 Å². The van der Waals surface area contributed by atoms with Gasteiger partial charge in [0.2, 0.25) is 0 Å². The van der Waals surface area contributed by atoms with Crippen LogP contribution in [0.2, 0.25) is 0 Å². The third-order valence-corrected chi connectivity index (χ3v) is 5.28. The van der Waals surface area contributed by atoms with Crippen LogP contribution in [0, 0.1) is 0 Å². The third kappa shape index (κ3) is 2.42. The lowest BCUT2D eigenvalue weighted by molar-refractivity contribution is -0.112. The Bertz CT molecular complexity index is 583. The number of carbonyl (C=O) groups excluding carboxylic acids is 2. The predicted octanol–water partition coefficient (Wildman–Crippen LogP) is 2.54. The number of rotatable bonds is 1. The normalized spacial score (nSPS) is 21.4. The standard InChI is InChI=1S/C15H18N2O2S/c1-15(2)5-6-17(7-8-20-15)10-3-4-11-12(9-10)16-14(19)13(11)18/h3-4,9H,5-8H2,1-2H3,(H,16,18,19). The highest BCUT2D eigenvalue weighted by atomic mass is 32.2. The molecule has 1 aromatic rings. The summed E-state index contributed by atoms with van der Waals surface area (Å²) in [6.45, 7) is 6.56. The Hall–Kier alpha value is -1.49. The van der Waals surface area contributed by atoms with E-state index in [9.17, 15) is 9.59 Å². The lowest BCUT2D eigenvalue weighted by atomic mass is 10.1. The number of amides is 1. The Morgan fingerprint density at radius 3 is 2.85 bits per heavy atom. The van der Waals surface area contributed by atoms with Crippen molar-refractivity contribution >= 4 is 34.8 Å². The second-order valence-electron chi connectivity index (χ2n) is 5.86. The lowest BCUT2D eigenvalue weighted by Crippen LogP contribution is -2.26. The Morgan fingerprint density at radius 1 is 1.25 bits per heavy atom. The van der Waals surface area contributed by atoms with E-state index < -0.39 is 11.7 Å². The molecule has 1 aromatic carbocycles. The lowest BCUT2D eigenvalue weighted by Gasteiger charge is -2.24. The number of Topliss-reactive ketones (excluding diaryl/α,β-unsaturated/α-hetero) is 1. The zero-order chi connectivity index (χ0) is 14.3. The van der Waals surface area contributed by atoms with Gasteiger partial charge in [-0.15, -0.1) is 0 Å². The van der Waals surface area contributed by atoms with Gasteiger partial charge in [0.05, 0.1) is 11.3 Å². The zero-order valence-electron chi connectivity index (χ0n) is 11.7. The molecular weight excluding hydrogens is 272 g/mol. The van der Waals surface area contributed by atoms with E-state index >= 15 is 0 Å². The molecule has 1 fully saturated rings. The summed E-state index contributed by atoms with van der Waals surface area (Å²) in [5, 5.41) is 2.64. The number of ketones is 1. The predicted molar refractivity (Wildman–Crippen MR) is 82.8 cm³/mol. The number of carbonyl (C=O) groups is 2. The number of hydrogen-bond acceptors (Lipinski definition) is 4. The molecule has 0 spiro atoms. The van der Waals surface area contributed by atoms with Crippen LogP contribution >= 0.6 is 11.8 Å². The Morgan fingerprint density at radius 2 is 2.05 bits per heavy atom. The molecule has 0 radical (unpaired) electrons. The molecule has 0 atom stereocenters. The van der Waals surface area contributed by atoms with Crippen LogP contribution < -0.4 is 10.2 Å². The first-order valence-corrected chi connectivity index (χ1v) is 7.83. The van der Waals surface area contributed by atoms with Crippen molar-refractivity contribution in [2.75, 3.05) is 29.1 Å². The number of nitrogens with one attached hydrogen (secondary N) is 1. The molecule has 1 amide bonds. The molecule has 2 aliphatic rings. The van der Waals surface area contributed by atoms with Crippen molar-refractivity contribution in [3.8, 4) is 0 Å². The molecule has 2 heterocycles. The molecule has 2 aliphatic heterocycles. The molecule has 0 bridgehead atoms. The smallest absolute Gasteiger partial charge is 0.296 e. The summed E-state index contributed by atoms with van der Waals surface area (Å²) in [5.74, 6) is 0.138. The van der Waals surface area contributed by atoms with Crippen LogP contribution in [0.4, 0.5) is 11.4 Å². The maximum atomic E-state index is 11.6. The molecule has 106 valence electrons. The van der Waals surface area contributed by atoms with E-state index in [4.69, 9.17) is 0 Å². The SMILES string of the molecule is CC1(C)CCN(c2ccc3c(c2)NC(=O)C3=O)CCS1. The quantitative estimate of drug-likeness (QED) is 0.808. The maximum Gasteiger partial charge on any atom is 0.296 e. The second-order valence-corrected chi connectivity index (χ2v) is 7.66. The van der Waals surface area contributed by atoms with Gasteiger partial charge in [0.1, 0.15) is 0 Å². The van der Waals surface area contributed by atoms with Crippen LogP contribution in [-0.4, -0.2) is 35.3 Å². The van der Waals surface area contributed by atoms with E-state index in [2.05, 4.69) is 24.1 Å². The molecule has 0 aliphatic carbocycles. The summed E-state index contributed by atoms with van der Waals surface area (Å²) in [6, 6.07) is 5.62. The van der Waals surface area contributed by atoms with Gasteiger partial charge in [-0.1, -0.05) is 13.8 Å². The zero-order valence-corrected chi connectivity index (χ0v) is 12.5. The minimum Gasteiger partial charge on any atom is -0.371 e. The van der Waals surface area contributed by atoms with Gasteiger partial charge in [-0.3, -0.25) is 9.59 Å². The molecule has 5 heteroatoms. The molecule has 1 saturated heterocycles. The van der Waals surface area contributed by atoms with Crippen molar-refractivity contribution in [2.24, 2.45) is 0 Å². The fourth-order valence-corrected chi connectivity index (χ4v) is 3.71. The number of nitrogens with zero attached hydrogens (tertiary/aromatic N) is 1. The van der Waals surface area contributed by atoms with Crippen LogP contribution in [0.15, 0.2) is 18.2 Å². The summed E-state index contributed by atoms with van der Waals surface area (Å²) in [4.78, 5) is 25.3. The van der Waals surface area contributed by atoms with E-state index in [1.807, 2.05) is 23.9 Å². The topological polar surface area (TPSA) is 49.4 Å².